The SMILES string of the molecule is C[C@@H](C(=O)N1CCN(c2ccc(S(=O)(=O)Nc3ccc(Cl)nn3)cc2)CC1)N1CCCc2cc(Cl)ccc21.C[C@@H]1CN(c2ccc(S(=O)(=O)Nc3nccs3)cc2)CCN1C(=O)[C@H](C)n1ccc2cccc(F)c21.C[C@@H]1CN(c2ccc(S(=O)(=O)Nc3ncns3)cc2)CCN1C(=O)CN1CCCc2cc(Cl)ccc21.[HH].[HH].[HH].[HH].[HH].[HH].[HH]. The summed E-state index contributed by atoms with van der Waals surface area (Å²) >= 11 is 20.2. The third kappa shape index (κ3) is 18.3. The van der Waals surface area contributed by atoms with Gasteiger partial charge in [0.2, 0.25) is 22.9 Å². The summed E-state index contributed by atoms with van der Waals surface area (Å²) in [4.78, 5) is 64.8. The largest absolute Gasteiger partial charge is 0.368 e. The first-order valence-electron chi connectivity index (χ1n) is 35.8. The zero-order chi connectivity index (χ0) is 77.6. The van der Waals surface area contributed by atoms with Gasteiger partial charge in [0.05, 0.1) is 26.7 Å². The molecule has 35 heteroatoms. The van der Waals surface area contributed by atoms with Gasteiger partial charge in [-0.05, 0) is 198 Å². The third-order valence-corrected chi connectivity index (χ3v) is 26.4. The summed E-state index contributed by atoms with van der Waals surface area (Å²) in [5.41, 5.74) is 7.72. The first-order chi connectivity index (χ1) is 52.7. The van der Waals surface area contributed by atoms with E-state index in [9.17, 15) is 44.0 Å². The third-order valence-electron chi connectivity index (χ3n) is 20.2. The smallest absolute Gasteiger partial charge is 0.263 e. The van der Waals surface area contributed by atoms with E-state index < -0.39 is 36.1 Å². The minimum absolute atomic E-state index is 0. The van der Waals surface area contributed by atoms with Crippen molar-refractivity contribution in [1.29, 1.82) is 0 Å². The highest BCUT2D eigenvalue weighted by Gasteiger charge is 2.35. The lowest BCUT2D eigenvalue weighted by atomic mass is 10.00. The molecule has 3 saturated heterocycles. The van der Waals surface area contributed by atoms with Crippen molar-refractivity contribution in [2.75, 3.05) is 124 Å². The Labute approximate surface area is 672 Å². The first-order valence-corrected chi connectivity index (χ1v) is 43.0. The summed E-state index contributed by atoms with van der Waals surface area (Å²) in [5.74, 6) is -0.0790. The minimum Gasteiger partial charge on any atom is -0.368 e. The Kier molecular flexibility index (Phi) is 24.4. The number of thiazole rings is 1. The molecule has 3 amide bonds. The van der Waals surface area contributed by atoms with Crippen LogP contribution in [0.1, 0.15) is 67.7 Å². The number of nitrogens with one attached hydrogen (secondary N) is 3. The second-order valence-corrected chi connectivity index (χ2v) is 35.2. The number of carbonyl (C=O) groups excluding carboxylic acids is 3. The number of sulfonamides is 3. The van der Waals surface area contributed by atoms with Crippen molar-refractivity contribution in [2.45, 2.75) is 92.2 Å². The lowest BCUT2D eigenvalue weighted by Crippen LogP contribution is -2.56. The molecule has 5 aliphatic heterocycles. The maximum absolute atomic E-state index is 14.5. The molecular formula is C75H95Cl3FN17O9S5. The van der Waals surface area contributed by atoms with Gasteiger partial charge in [0.25, 0.3) is 30.1 Å². The highest BCUT2D eigenvalue weighted by atomic mass is 35.5. The lowest BCUT2D eigenvalue weighted by molar-refractivity contribution is -0.136. The Morgan fingerprint density at radius 1 is 0.573 bits per heavy atom. The van der Waals surface area contributed by atoms with Crippen molar-refractivity contribution in [2.24, 2.45) is 0 Å². The van der Waals surface area contributed by atoms with Gasteiger partial charge in [0.1, 0.15) is 24.2 Å². The number of anilines is 8. The Bertz CT molecular complexity index is 5310. The van der Waals surface area contributed by atoms with Crippen molar-refractivity contribution >= 4 is 161 Å². The molecule has 4 atom stereocenters. The van der Waals surface area contributed by atoms with Gasteiger partial charge < -0.3 is 43.8 Å². The van der Waals surface area contributed by atoms with Crippen LogP contribution in [0, 0.1) is 5.82 Å². The van der Waals surface area contributed by atoms with Crippen molar-refractivity contribution in [1.82, 2.24) is 43.8 Å². The van der Waals surface area contributed by atoms with Gasteiger partial charge in [-0.1, -0.05) is 46.9 Å². The van der Waals surface area contributed by atoms with E-state index in [1.165, 1.54) is 53.2 Å². The van der Waals surface area contributed by atoms with Crippen LogP contribution in [-0.4, -0.2) is 190 Å². The molecule has 15 rings (SSSR count). The van der Waals surface area contributed by atoms with Gasteiger partial charge in [-0.15, -0.1) is 21.5 Å². The van der Waals surface area contributed by atoms with Gasteiger partial charge in [-0.2, -0.15) is 4.37 Å². The van der Waals surface area contributed by atoms with Crippen molar-refractivity contribution < 1.29 is 54.0 Å². The summed E-state index contributed by atoms with van der Waals surface area (Å²) in [7, 11) is -11.3. The molecule has 592 valence electrons. The Balaban J connectivity index is 0.000000265. The molecule has 26 nitrogen and oxygen atoms in total. The highest BCUT2D eigenvalue weighted by Crippen LogP contribution is 2.35. The predicted molar refractivity (Wildman–Crippen MR) is 446 cm³/mol. The molecule has 9 heterocycles. The van der Waals surface area contributed by atoms with E-state index in [-0.39, 0.29) is 82.4 Å². The van der Waals surface area contributed by atoms with Crippen LogP contribution in [0.3, 0.4) is 0 Å². The van der Waals surface area contributed by atoms with E-state index >= 15 is 0 Å². The number of aromatic nitrogens is 6. The number of amides is 3. The Hall–Kier alpha value is -9.41. The van der Waals surface area contributed by atoms with Gasteiger partial charge in [0.15, 0.2) is 16.1 Å². The molecule has 3 N–H and O–H groups in total. The maximum atomic E-state index is 14.5. The van der Waals surface area contributed by atoms with E-state index in [0.29, 0.717) is 82.6 Å². The lowest BCUT2D eigenvalue weighted by Gasteiger charge is -2.42. The maximum Gasteiger partial charge on any atom is 0.263 e. The Morgan fingerprint density at radius 3 is 1.69 bits per heavy atom. The molecule has 3 fully saturated rings. The molecular weight excluding hydrogens is 1570 g/mol. The second-order valence-electron chi connectivity index (χ2n) is 27.3. The molecule has 0 spiro atoms. The normalized spacial score (nSPS) is 17.4. The van der Waals surface area contributed by atoms with Crippen LogP contribution in [0.25, 0.3) is 10.9 Å². The average molecular weight is 1660 g/mol. The first kappa shape index (κ1) is 78.7. The van der Waals surface area contributed by atoms with Crippen molar-refractivity contribution in [3.63, 3.8) is 0 Å². The molecule has 0 aliphatic carbocycles. The van der Waals surface area contributed by atoms with E-state index in [0.717, 1.165) is 94.2 Å². The molecule has 0 bridgehead atoms. The summed E-state index contributed by atoms with van der Waals surface area (Å²) < 4.78 is 103. The van der Waals surface area contributed by atoms with Crippen LogP contribution in [0.2, 0.25) is 15.2 Å². The highest BCUT2D eigenvalue weighted by molar-refractivity contribution is 7.93. The number of aryl methyl sites for hydroxylation is 2. The summed E-state index contributed by atoms with van der Waals surface area (Å²) in [6, 6.07) is 40.7. The van der Waals surface area contributed by atoms with Crippen LogP contribution in [0.15, 0.2) is 184 Å². The number of piperazine rings is 3. The zero-order valence-electron chi connectivity index (χ0n) is 60.5. The molecule has 5 aliphatic rings. The van der Waals surface area contributed by atoms with E-state index in [1.54, 1.807) is 102 Å². The number of carbonyl (C=O) groups is 3. The van der Waals surface area contributed by atoms with Gasteiger partial charge in [-0.3, -0.25) is 28.5 Å². The Morgan fingerprint density at radius 2 is 1.13 bits per heavy atom. The molecule has 110 heavy (non-hydrogen) atoms. The number of rotatable bonds is 18. The molecule has 0 radical (unpaired) electrons. The van der Waals surface area contributed by atoms with Crippen molar-refractivity contribution in [3.8, 4) is 0 Å². The predicted octanol–water partition coefficient (Wildman–Crippen LogP) is 13.6. The molecule has 0 saturated carbocycles. The summed E-state index contributed by atoms with van der Waals surface area (Å²) in [5, 5.41) is 12.0. The topological polar surface area (TPSA) is 285 Å². The number of fused-ring (bicyclic) bond motifs is 3. The average Bonchev–Trinajstić information content (AvgIpc) is 1.68. The van der Waals surface area contributed by atoms with Crippen molar-refractivity contribution in [3.05, 3.63) is 202 Å². The van der Waals surface area contributed by atoms with Crippen LogP contribution in [0.4, 0.5) is 48.9 Å². The quantitative estimate of drug-likeness (QED) is 0.0719. The summed E-state index contributed by atoms with van der Waals surface area (Å²) in [6.45, 7) is 16.1. The number of nitrogens with zero attached hydrogens (tertiary/aromatic N) is 14. The van der Waals surface area contributed by atoms with Crippen LogP contribution in [0.5, 0.6) is 0 Å². The number of para-hydroxylation sites is 1. The molecule has 10 aromatic rings. The van der Waals surface area contributed by atoms with Gasteiger partial charge in [0, 0.05) is 174 Å². The van der Waals surface area contributed by atoms with Crippen LogP contribution >= 0.6 is 57.7 Å². The van der Waals surface area contributed by atoms with Crippen LogP contribution in [-0.2, 0) is 57.3 Å². The van der Waals surface area contributed by atoms with E-state index in [2.05, 4.69) is 70.1 Å². The number of halogens is 4. The summed E-state index contributed by atoms with van der Waals surface area (Å²) in [6.07, 6.45) is 8.55. The standard InChI is InChI=1S/C26H28Cl2N6O3S.C25H26FN5O3S2.C24H27ClN6O3S2.7H2/c1-18(34-12-2-3-19-17-20(27)4-9-23(19)34)26(35)33-15-13-32(14-16-33)21-5-7-22(8-6-21)38(36,37)31-25-11-10-24(28)29-30-25;1-17-16-29(20-6-8-21(9-7-20)36(33,34)28-25-27-11-15-35-25)13-14-30(17)24(32)18(2)31-12-10-19-4-3-5-22(26)23(19)31;1-17-14-29(20-5-7-21(8-6-20)36(33,34)28-24-26-16-27-35-24)11-12-31(17)23(32)15-30-10-2-3-18-13-19(25)4-9-22(18)30;;;;;;;/h4-11,17-18H,2-3,12-16H2,1H3,(H,30,31);3-12,15,17-18H,13-14,16H2,1-2H3,(H,27,28);4-9,13,16-17H,2-3,10-12,14-15H2,1H3,(H,26,27,28);7*1H/t18-;17-,18+;17-;;;;;;;/m011......./s1. The number of hydrogen-bond acceptors (Lipinski definition) is 21. The van der Waals surface area contributed by atoms with Gasteiger partial charge >= 0.3 is 0 Å². The second kappa shape index (κ2) is 34.1. The molecule has 6 aromatic carbocycles. The fourth-order valence-corrected chi connectivity index (χ4v) is 19.4. The fourth-order valence-electron chi connectivity index (χ4n) is 14.5. The fraction of sp³-hybridized carbons (Fsp3) is 0.333. The van der Waals surface area contributed by atoms with E-state index in [4.69, 9.17) is 34.8 Å². The van der Waals surface area contributed by atoms with Gasteiger partial charge in [-0.25, -0.2) is 39.6 Å². The van der Waals surface area contributed by atoms with E-state index in [1.807, 2.05) is 77.1 Å². The minimum atomic E-state index is -3.82. The number of hydrogen-bond donors (Lipinski definition) is 3. The van der Waals surface area contributed by atoms with Crippen LogP contribution < -0.4 is 38.7 Å². The number of benzene rings is 6. The zero-order valence-corrected chi connectivity index (χ0v) is 66.8. The monoisotopic (exact) mass is 1660 g/mol. The molecule has 0 unspecified atom stereocenters. The molecule has 4 aromatic heterocycles.